The molecule has 0 aromatic heterocycles. The molecule has 0 aliphatic carbocycles. The topological polar surface area (TPSA) is 24.4 Å². The molecule has 14 heavy (non-hydrogen) atoms. The fraction of sp³-hybridized carbons (Fsp3) is 0.875. The van der Waals surface area contributed by atoms with Crippen LogP contribution in [0.2, 0.25) is 0 Å². The zero-order valence-corrected chi connectivity index (χ0v) is 8.87. The van der Waals surface area contributed by atoms with Crippen LogP contribution in [0.3, 0.4) is 0 Å². The Labute approximate surface area is 85.4 Å². The number of halogens is 3. The number of thioether (sulfide) groups is 1. The minimum Gasteiger partial charge on any atom is -0.362 e. The molecule has 1 N–H and O–H groups in total. The van der Waals surface area contributed by atoms with Crippen LogP contribution in [0.1, 0.15) is 20.3 Å². The van der Waals surface area contributed by atoms with Crippen molar-refractivity contribution in [2.75, 3.05) is 6.54 Å². The van der Waals surface area contributed by atoms with Gasteiger partial charge in [-0.05, 0) is 13.3 Å². The van der Waals surface area contributed by atoms with Crippen LogP contribution in [0, 0.1) is 0 Å². The van der Waals surface area contributed by atoms with Crippen LogP contribution in [0.5, 0.6) is 0 Å². The Morgan fingerprint density at radius 1 is 1.50 bits per heavy atom. The van der Waals surface area contributed by atoms with Crippen molar-refractivity contribution < 1.29 is 13.2 Å². The van der Waals surface area contributed by atoms with Crippen molar-refractivity contribution in [3.8, 4) is 0 Å². The van der Waals surface area contributed by atoms with Gasteiger partial charge in [0, 0.05) is 11.3 Å². The number of hydrogen-bond donors (Lipinski definition) is 1. The molecule has 0 bridgehead atoms. The number of amidine groups is 1. The molecule has 0 saturated carbocycles. The molecule has 2 nitrogen and oxygen atoms in total. The zero-order valence-electron chi connectivity index (χ0n) is 8.06. The Bertz CT molecular complexity index is 215. The Hall–Kier alpha value is -0.390. The van der Waals surface area contributed by atoms with Gasteiger partial charge >= 0.3 is 6.18 Å². The average Bonchev–Trinajstić information content (AvgIpc) is 1.97. The molecule has 1 aliphatic heterocycles. The molecule has 1 fully saturated rings. The summed E-state index contributed by atoms with van der Waals surface area (Å²) in [6, 6.07) is 0.207. The highest BCUT2D eigenvalue weighted by Crippen LogP contribution is 2.23. The minimum atomic E-state index is -4.21. The van der Waals surface area contributed by atoms with E-state index in [2.05, 4.69) is 10.3 Å². The number of rotatable bonds is 1. The van der Waals surface area contributed by atoms with E-state index in [1.807, 2.05) is 13.8 Å². The Balaban J connectivity index is 2.51. The average molecular weight is 226 g/mol. The van der Waals surface area contributed by atoms with Crippen molar-refractivity contribution in [3.63, 3.8) is 0 Å². The summed E-state index contributed by atoms with van der Waals surface area (Å²) in [6.07, 6.45) is -3.26. The molecule has 6 heteroatoms. The van der Waals surface area contributed by atoms with Crippen molar-refractivity contribution in [3.05, 3.63) is 0 Å². The van der Waals surface area contributed by atoms with Gasteiger partial charge in [-0.1, -0.05) is 18.7 Å². The van der Waals surface area contributed by atoms with E-state index >= 15 is 0 Å². The summed E-state index contributed by atoms with van der Waals surface area (Å²) in [7, 11) is 0. The van der Waals surface area contributed by atoms with Crippen molar-refractivity contribution in [2.24, 2.45) is 4.99 Å². The van der Waals surface area contributed by atoms with Crippen LogP contribution in [0.15, 0.2) is 4.99 Å². The first kappa shape index (κ1) is 11.7. The van der Waals surface area contributed by atoms with E-state index in [1.165, 1.54) is 11.8 Å². The Kier molecular flexibility index (Phi) is 3.69. The van der Waals surface area contributed by atoms with Gasteiger partial charge in [0.25, 0.3) is 0 Å². The maximum atomic E-state index is 11.9. The first-order valence-corrected chi connectivity index (χ1v) is 5.29. The second-order valence-corrected chi connectivity index (χ2v) is 4.87. The molecule has 1 aliphatic rings. The maximum Gasteiger partial charge on any atom is 0.408 e. The smallest absolute Gasteiger partial charge is 0.362 e. The summed E-state index contributed by atoms with van der Waals surface area (Å²) in [5.74, 6) is 0. The predicted octanol–water partition coefficient (Wildman–Crippen LogP) is 2.41. The maximum absolute atomic E-state index is 11.9. The van der Waals surface area contributed by atoms with E-state index in [-0.39, 0.29) is 6.04 Å². The number of nitrogens with one attached hydrogen (secondary N) is 1. The van der Waals surface area contributed by atoms with Gasteiger partial charge in [-0.2, -0.15) is 13.2 Å². The molecule has 82 valence electrons. The molecule has 2 atom stereocenters. The van der Waals surface area contributed by atoms with Crippen LogP contribution in [-0.4, -0.2) is 29.2 Å². The lowest BCUT2D eigenvalue weighted by molar-refractivity contribution is -0.118. The Morgan fingerprint density at radius 3 is 2.64 bits per heavy atom. The second-order valence-electron chi connectivity index (χ2n) is 3.45. The molecule has 1 heterocycles. The van der Waals surface area contributed by atoms with Crippen molar-refractivity contribution in [1.29, 1.82) is 0 Å². The first-order chi connectivity index (χ1) is 6.37. The third kappa shape index (κ3) is 4.21. The fourth-order valence-electron chi connectivity index (χ4n) is 1.28. The summed E-state index contributed by atoms with van der Waals surface area (Å²) in [5.41, 5.74) is 0. The van der Waals surface area contributed by atoms with Gasteiger partial charge in [0.05, 0.1) is 0 Å². The number of nitrogens with zero attached hydrogens (tertiary/aromatic N) is 1. The number of alkyl halides is 3. The van der Waals surface area contributed by atoms with Crippen molar-refractivity contribution >= 4 is 16.9 Å². The van der Waals surface area contributed by atoms with Gasteiger partial charge in [0.15, 0.2) is 5.17 Å². The molecule has 1 saturated heterocycles. The van der Waals surface area contributed by atoms with E-state index < -0.39 is 12.7 Å². The molecule has 0 aromatic carbocycles. The summed E-state index contributed by atoms with van der Waals surface area (Å²) in [6.45, 7) is 2.84. The SMILES string of the molecule is CC1CC(C)SC(=NCC(F)(F)F)N1. The van der Waals surface area contributed by atoms with Gasteiger partial charge < -0.3 is 5.32 Å². The Morgan fingerprint density at radius 2 is 2.14 bits per heavy atom. The van der Waals surface area contributed by atoms with Crippen LogP contribution in [0.4, 0.5) is 13.2 Å². The van der Waals surface area contributed by atoms with E-state index in [9.17, 15) is 13.2 Å². The number of aliphatic imine (C=N–C) groups is 1. The molecular formula is C8H13F3N2S. The third-order valence-corrected chi connectivity index (χ3v) is 2.84. The second kappa shape index (κ2) is 4.42. The molecule has 0 radical (unpaired) electrons. The molecule has 0 aromatic rings. The van der Waals surface area contributed by atoms with E-state index in [4.69, 9.17) is 0 Å². The molecule has 1 rings (SSSR count). The highest BCUT2D eigenvalue weighted by Gasteiger charge is 2.28. The molecule has 2 unspecified atom stereocenters. The summed E-state index contributed by atoms with van der Waals surface area (Å²) in [4.78, 5) is 3.50. The van der Waals surface area contributed by atoms with Crippen LogP contribution in [-0.2, 0) is 0 Å². The lowest BCUT2D eigenvalue weighted by atomic mass is 10.2. The summed E-state index contributed by atoms with van der Waals surface area (Å²) >= 11 is 1.37. The van der Waals surface area contributed by atoms with E-state index in [0.717, 1.165) is 6.42 Å². The highest BCUT2D eigenvalue weighted by molar-refractivity contribution is 8.14. The van der Waals surface area contributed by atoms with Gasteiger partial charge in [0.2, 0.25) is 0 Å². The minimum absolute atomic E-state index is 0.207. The predicted molar refractivity (Wildman–Crippen MR) is 52.6 cm³/mol. The standard InChI is InChI=1S/C8H13F3N2S/c1-5-3-6(2)14-7(13-5)12-4-8(9,10)11/h5-6H,3-4H2,1-2H3,(H,12,13). The van der Waals surface area contributed by atoms with Crippen LogP contribution >= 0.6 is 11.8 Å². The molecule has 0 spiro atoms. The lowest BCUT2D eigenvalue weighted by Crippen LogP contribution is -2.38. The van der Waals surface area contributed by atoms with Gasteiger partial charge in [-0.15, -0.1) is 0 Å². The summed E-state index contributed by atoms with van der Waals surface area (Å²) < 4.78 is 35.6. The van der Waals surface area contributed by atoms with Crippen LogP contribution < -0.4 is 5.32 Å². The van der Waals surface area contributed by atoms with Gasteiger partial charge in [0.1, 0.15) is 6.54 Å². The monoisotopic (exact) mass is 226 g/mol. The largest absolute Gasteiger partial charge is 0.408 e. The fourth-order valence-corrected chi connectivity index (χ4v) is 2.46. The van der Waals surface area contributed by atoms with Gasteiger partial charge in [-0.3, -0.25) is 4.99 Å². The lowest BCUT2D eigenvalue weighted by Gasteiger charge is -2.26. The molecule has 0 amide bonds. The normalized spacial score (nSPS) is 31.6. The van der Waals surface area contributed by atoms with E-state index in [0.29, 0.717) is 10.4 Å². The van der Waals surface area contributed by atoms with E-state index in [1.54, 1.807) is 0 Å². The van der Waals surface area contributed by atoms with Crippen molar-refractivity contribution in [1.82, 2.24) is 5.32 Å². The quantitative estimate of drug-likeness (QED) is 0.742. The van der Waals surface area contributed by atoms with Crippen LogP contribution in [0.25, 0.3) is 0 Å². The highest BCUT2D eigenvalue weighted by atomic mass is 32.2. The summed E-state index contributed by atoms with van der Waals surface area (Å²) in [5, 5.41) is 3.67. The zero-order chi connectivity index (χ0) is 10.8. The molecular weight excluding hydrogens is 213 g/mol. The number of hydrogen-bond acceptors (Lipinski definition) is 2. The van der Waals surface area contributed by atoms with Crippen molar-refractivity contribution in [2.45, 2.75) is 37.7 Å². The van der Waals surface area contributed by atoms with Gasteiger partial charge in [-0.25, -0.2) is 0 Å². The third-order valence-electron chi connectivity index (χ3n) is 1.77. The first-order valence-electron chi connectivity index (χ1n) is 4.41.